The summed E-state index contributed by atoms with van der Waals surface area (Å²) in [6.45, 7) is 2.39. The summed E-state index contributed by atoms with van der Waals surface area (Å²) < 4.78 is 1.74. The van der Waals surface area contributed by atoms with Gasteiger partial charge < -0.3 is 20.9 Å². The predicted molar refractivity (Wildman–Crippen MR) is 134 cm³/mol. The Morgan fingerprint density at radius 2 is 1.80 bits per heavy atom. The molecule has 0 bridgehead atoms. The average Bonchev–Trinajstić information content (AvgIpc) is 2.87. The third-order valence-corrected chi connectivity index (χ3v) is 5.63. The lowest BCUT2D eigenvalue weighted by molar-refractivity contribution is -0.120. The van der Waals surface area contributed by atoms with E-state index in [4.69, 9.17) is 10.7 Å². The standard InChI is InChI=1S/C25H25N7O3/c1-3-32-24(26)18(13-21(33)27-2)23(35)17-8-9-19(30-25(17)32)16-6-4-15(5-7-16)12-22(34)31-20-14-28-10-11-29-20/h4-11,14H,3,12-13,26H2,1-2H3,(H,27,33)(H,29,31,34). The molecule has 0 unspecified atom stereocenters. The molecule has 0 radical (unpaired) electrons. The topological polar surface area (TPSA) is 145 Å². The van der Waals surface area contributed by atoms with Gasteiger partial charge in [0, 0.05) is 37.1 Å². The Balaban J connectivity index is 1.61. The van der Waals surface area contributed by atoms with Crippen LogP contribution in [-0.2, 0) is 29.0 Å². The third kappa shape index (κ3) is 5.01. The summed E-state index contributed by atoms with van der Waals surface area (Å²) in [5.74, 6) is 0.153. The van der Waals surface area contributed by atoms with Crippen LogP contribution in [0.4, 0.5) is 11.6 Å². The number of nitrogens with zero attached hydrogens (tertiary/aromatic N) is 4. The molecule has 0 aliphatic heterocycles. The summed E-state index contributed by atoms with van der Waals surface area (Å²) >= 11 is 0. The first-order valence-corrected chi connectivity index (χ1v) is 11.1. The number of fused-ring (bicyclic) bond motifs is 1. The number of amides is 2. The zero-order valence-electron chi connectivity index (χ0n) is 19.4. The van der Waals surface area contributed by atoms with Crippen LogP contribution in [-0.4, -0.2) is 38.4 Å². The minimum Gasteiger partial charge on any atom is -0.385 e. The second-order valence-electron chi connectivity index (χ2n) is 7.87. The van der Waals surface area contributed by atoms with Gasteiger partial charge in [0.15, 0.2) is 11.2 Å². The number of likely N-dealkylation sites (N-methyl/N-ethyl adjacent to an activating group) is 1. The van der Waals surface area contributed by atoms with Crippen molar-refractivity contribution in [1.82, 2.24) is 24.8 Å². The van der Waals surface area contributed by atoms with Crippen LogP contribution in [0.2, 0.25) is 0 Å². The number of hydrogen-bond acceptors (Lipinski definition) is 7. The van der Waals surface area contributed by atoms with E-state index in [0.29, 0.717) is 29.1 Å². The number of hydrogen-bond donors (Lipinski definition) is 3. The van der Waals surface area contributed by atoms with Crippen LogP contribution >= 0.6 is 0 Å². The Labute approximate surface area is 201 Å². The van der Waals surface area contributed by atoms with Crippen LogP contribution in [0, 0.1) is 0 Å². The van der Waals surface area contributed by atoms with E-state index in [-0.39, 0.29) is 41.5 Å². The summed E-state index contributed by atoms with van der Waals surface area (Å²) in [6, 6.07) is 10.9. The molecular formula is C25H25N7O3. The molecule has 178 valence electrons. The zero-order valence-corrected chi connectivity index (χ0v) is 19.4. The van der Waals surface area contributed by atoms with Crippen LogP contribution < -0.4 is 21.8 Å². The molecule has 4 rings (SSSR count). The fraction of sp³-hybridized carbons (Fsp3) is 0.200. The smallest absolute Gasteiger partial charge is 0.229 e. The van der Waals surface area contributed by atoms with E-state index in [1.807, 2.05) is 31.2 Å². The molecular weight excluding hydrogens is 446 g/mol. The molecule has 0 fully saturated rings. The molecule has 0 aliphatic rings. The van der Waals surface area contributed by atoms with Crippen molar-refractivity contribution in [3.05, 3.63) is 76.3 Å². The number of rotatable bonds is 7. The van der Waals surface area contributed by atoms with Gasteiger partial charge in [0.25, 0.3) is 0 Å². The second-order valence-corrected chi connectivity index (χ2v) is 7.87. The Morgan fingerprint density at radius 1 is 1.03 bits per heavy atom. The second kappa shape index (κ2) is 10.1. The molecule has 4 N–H and O–H groups in total. The molecule has 0 saturated heterocycles. The van der Waals surface area contributed by atoms with E-state index < -0.39 is 0 Å². The molecule has 0 aliphatic carbocycles. The number of benzene rings is 1. The lowest BCUT2D eigenvalue weighted by Crippen LogP contribution is -2.27. The van der Waals surface area contributed by atoms with E-state index in [2.05, 4.69) is 20.6 Å². The van der Waals surface area contributed by atoms with Crippen molar-refractivity contribution in [3.63, 3.8) is 0 Å². The Hall–Kier alpha value is -4.60. The lowest BCUT2D eigenvalue weighted by atomic mass is 10.0. The van der Waals surface area contributed by atoms with Crippen LogP contribution in [0.1, 0.15) is 18.1 Å². The minimum atomic E-state index is -0.297. The molecule has 2 amide bonds. The van der Waals surface area contributed by atoms with E-state index in [1.54, 1.807) is 16.7 Å². The maximum atomic E-state index is 13.0. The number of anilines is 2. The molecule has 0 saturated carbocycles. The molecule has 35 heavy (non-hydrogen) atoms. The number of pyridine rings is 2. The number of nitrogens with two attached hydrogens (primary N) is 1. The van der Waals surface area contributed by atoms with Crippen molar-refractivity contribution >= 4 is 34.5 Å². The lowest BCUT2D eigenvalue weighted by Gasteiger charge is -2.16. The SMILES string of the molecule is CCn1c(N)c(CC(=O)NC)c(=O)c2ccc(-c3ccc(CC(=O)Nc4cnccn4)cc3)nc21. The number of nitrogen functional groups attached to an aromatic ring is 1. The van der Waals surface area contributed by atoms with Gasteiger partial charge in [-0.25, -0.2) is 9.97 Å². The van der Waals surface area contributed by atoms with Gasteiger partial charge in [-0.2, -0.15) is 0 Å². The summed E-state index contributed by atoms with van der Waals surface area (Å²) in [4.78, 5) is 49.9. The molecule has 10 heteroatoms. The summed E-state index contributed by atoms with van der Waals surface area (Å²) in [6.07, 6.45) is 4.62. The van der Waals surface area contributed by atoms with E-state index >= 15 is 0 Å². The van der Waals surface area contributed by atoms with Gasteiger partial charge >= 0.3 is 0 Å². The fourth-order valence-corrected chi connectivity index (χ4v) is 3.82. The Bertz CT molecular complexity index is 1450. The van der Waals surface area contributed by atoms with Gasteiger partial charge in [-0.05, 0) is 24.6 Å². The molecule has 4 aromatic rings. The maximum Gasteiger partial charge on any atom is 0.229 e. The van der Waals surface area contributed by atoms with E-state index in [0.717, 1.165) is 11.1 Å². The largest absolute Gasteiger partial charge is 0.385 e. The highest BCUT2D eigenvalue weighted by molar-refractivity contribution is 5.91. The first-order valence-electron chi connectivity index (χ1n) is 11.1. The highest BCUT2D eigenvalue weighted by Gasteiger charge is 2.18. The highest BCUT2D eigenvalue weighted by atomic mass is 16.2. The monoisotopic (exact) mass is 471 g/mol. The maximum absolute atomic E-state index is 13.0. The van der Waals surface area contributed by atoms with Crippen molar-refractivity contribution in [2.24, 2.45) is 0 Å². The molecule has 10 nitrogen and oxygen atoms in total. The number of aromatic nitrogens is 4. The molecule has 0 spiro atoms. The number of nitrogens with one attached hydrogen (secondary N) is 2. The van der Waals surface area contributed by atoms with Crippen molar-refractivity contribution in [2.75, 3.05) is 18.1 Å². The summed E-state index contributed by atoms with van der Waals surface area (Å²) in [7, 11) is 1.52. The molecule has 0 atom stereocenters. The predicted octanol–water partition coefficient (Wildman–Crippen LogP) is 1.93. The quantitative estimate of drug-likeness (QED) is 0.373. The van der Waals surface area contributed by atoms with Gasteiger partial charge in [0.05, 0.1) is 30.1 Å². The van der Waals surface area contributed by atoms with Crippen molar-refractivity contribution < 1.29 is 9.59 Å². The number of aryl methyl sites for hydroxylation is 1. The van der Waals surface area contributed by atoms with Crippen molar-refractivity contribution in [1.29, 1.82) is 0 Å². The zero-order chi connectivity index (χ0) is 24.9. The molecule has 1 aromatic carbocycles. The average molecular weight is 472 g/mol. The van der Waals surface area contributed by atoms with Crippen LogP contribution in [0.3, 0.4) is 0 Å². The van der Waals surface area contributed by atoms with Crippen molar-refractivity contribution in [3.8, 4) is 11.3 Å². The van der Waals surface area contributed by atoms with Gasteiger partial charge in [0.1, 0.15) is 11.5 Å². The molecule has 3 aromatic heterocycles. The summed E-state index contributed by atoms with van der Waals surface area (Å²) in [5.41, 5.74) is 9.00. The third-order valence-electron chi connectivity index (χ3n) is 5.63. The van der Waals surface area contributed by atoms with Crippen LogP contribution in [0.25, 0.3) is 22.3 Å². The van der Waals surface area contributed by atoms with Gasteiger partial charge in [-0.15, -0.1) is 0 Å². The minimum absolute atomic E-state index is 0.0925. The van der Waals surface area contributed by atoms with E-state index in [1.165, 1.54) is 25.6 Å². The van der Waals surface area contributed by atoms with Gasteiger partial charge in [-0.3, -0.25) is 19.4 Å². The fourth-order valence-electron chi connectivity index (χ4n) is 3.82. The van der Waals surface area contributed by atoms with Crippen LogP contribution in [0.5, 0.6) is 0 Å². The highest BCUT2D eigenvalue weighted by Crippen LogP contribution is 2.23. The van der Waals surface area contributed by atoms with Gasteiger partial charge in [0.2, 0.25) is 11.8 Å². The van der Waals surface area contributed by atoms with Crippen molar-refractivity contribution in [2.45, 2.75) is 26.3 Å². The Morgan fingerprint density at radius 3 is 2.46 bits per heavy atom. The first-order chi connectivity index (χ1) is 16.9. The van der Waals surface area contributed by atoms with Crippen LogP contribution in [0.15, 0.2) is 59.8 Å². The number of carbonyl (C=O) groups excluding carboxylic acids is 2. The van der Waals surface area contributed by atoms with E-state index in [9.17, 15) is 14.4 Å². The number of carbonyl (C=O) groups is 2. The molecule has 3 heterocycles. The summed E-state index contributed by atoms with van der Waals surface area (Å²) in [5, 5.41) is 5.63. The Kier molecular flexibility index (Phi) is 6.81. The van der Waals surface area contributed by atoms with Gasteiger partial charge in [-0.1, -0.05) is 24.3 Å². The normalized spacial score (nSPS) is 10.8. The first kappa shape index (κ1) is 23.6.